The number of aryl methyl sites for hydroxylation is 1. The molecule has 1 aromatic rings. The van der Waals surface area contributed by atoms with Crippen LogP contribution in [-0.4, -0.2) is 40.5 Å². The summed E-state index contributed by atoms with van der Waals surface area (Å²) in [5.41, 5.74) is 1.49. The molecule has 0 saturated carbocycles. The highest BCUT2D eigenvalue weighted by molar-refractivity contribution is 6.52. The van der Waals surface area contributed by atoms with Gasteiger partial charge in [-0.3, -0.25) is 14.4 Å². The second kappa shape index (κ2) is 4.81. The number of hydrogen-bond acceptors (Lipinski definition) is 4. The van der Waals surface area contributed by atoms with Gasteiger partial charge in [-0.2, -0.15) is 0 Å². The summed E-state index contributed by atoms with van der Waals surface area (Å²) in [5.74, 6) is -2.51. The van der Waals surface area contributed by atoms with Gasteiger partial charge in [0.05, 0.1) is 30.3 Å². The van der Waals surface area contributed by atoms with E-state index >= 15 is 0 Å². The third-order valence-corrected chi connectivity index (χ3v) is 3.00. The predicted octanol–water partition coefficient (Wildman–Crippen LogP) is 0.360. The Bertz CT molecular complexity index is 566. The van der Waals surface area contributed by atoms with Crippen LogP contribution in [0, 0.1) is 6.92 Å². The number of rotatable bonds is 4. The van der Waals surface area contributed by atoms with Crippen LogP contribution in [0.15, 0.2) is 18.2 Å². The van der Waals surface area contributed by atoms with Crippen molar-refractivity contribution in [3.8, 4) is 0 Å². The summed E-state index contributed by atoms with van der Waals surface area (Å²) in [6, 6.07) is 4.98. The molecule has 1 aliphatic rings. The van der Waals surface area contributed by atoms with E-state index in [9.17, 15) is 19.5 Å². The third-order valence-electron chi connectivity index (χ3n) is 3.00. The Labute approximate surface area is 109 Å². The van der Waals surface area contributed by atoms with E-state index < -0.39 is 30.2 Å². The monoisotopic (exact) mass is 263 g/mol. The molecular formula is C13H13NO5. The zero-order valence-corrected chi connectivity index (χ0v) is 10.3. The molecule has 19 heavy (non-hydrogen) atoms. The maximum absolute atomic E-state index is 11.9. The molecule has 0 aliphatic carbocycles. The van der Waals surface area contributed by atoms with Gasteiger partial charge in [-0.1, -0.05) is 12.1 Å². The highest BCUT2D eigenvalue weighted by Crippen LogP contribution is 2.32. The molecular weight excluding hydrogens is 250 g/mol. The molecule has 6 nitrogen and oxygen atoms in total. The van der Waals surface area contributed by atoms with Crippen molar-refractivity contribution in [1.29, 1.82) is 0 Å². The number of β-amino-alcohol motifs (C(OH)–C–C–N with tert-alkyl or cyclic N) is 1. The van der Waals surface area contributed by atoms with Crippen LogP contribution in [0.2, 0.25) is 0 Å². The molecule has 1 amide bonds. The van der Waals surface area contributed by atoms with E-state index in [4.69, 9.17) is 5.11 Å². The van der Waals surface area contributed by atoms with E-state index in [1.807, 2.05) is 0 Å². The number of Topliss-reactive ketones (excluding diaryl/α,β-unsaturated/α-hetero) is 1. The number of hydrogen-bond donors (Lipinski definition) is 2. The van der Waals surface area contributed by atoms with Crippen molar-refractivity contribution in [3.05, 3.63) is 29.3 Å². The number of aliphatic hydroxyl groups is 1. The summed E-state index contributed by atoms with van der Waals surface area (Å²) in [5, 5.41) is 18.2. The van der Waals surface area contributed by atoms with Gasteiger partial charge in [-0.05, 0) is 18.6 Å². The van der Waals surface area contributed by atoms with Crippen LogP contribution in [0.25, 0.3) is 0 Å². The molecule has 1 aliphatic heterocycles. The largest absolute Gasteiger partial charge is 0.481 e. The van der Waals surface area contributed by atoms with Gasteiger partial charge in [-0.25, -0.2) is 0 Å². The second-order valence-corrected chi connectivity index (χ2v) is 4.47. The summed E-state index contributed by atoms with van der Waals surface area (Å²) in [7, 11) is 0. The number of para-hydroxylation sites is 1. The topological polar surface area (TPSA) is 94.9 Å². The minimum Gasteiger partial charge on any atom is -0.481 e. The number of carbonyl (C=O) groups is 3. The molecule has 100 valence electrons. The summed E-state index contributed by atoms with van der Waals surface area (Å²) < 4.78 is 0. The molecule has 0 fully saturated rings. The number of amides is 1. The second-order valence-electron chi connectivity index (χ2n) is 4.47. The number of carboxylic acids is 1. The van der Waals surface area contributed by atoms with Crippen molar-refractivity contribution in [1.82, 2.24) is 0 Å². The summed E-state index contributed by atoms with van der Waals surface area (Å²) >= 11 is 0. The number of anilines is 1. The number of fused-ring (bicyclic) bond motifs is 1. The van der Waals surface area contributed by atoms with Gasteiger partial charge in [0.25, 0.3) is 11.7 Å². The molecule has 1 heterocycles. The number of ketones is 1. The Balaban J connectivity index is 2.30. The van der Waals surface area contributed by atoms with E-state index in [1.165, 1.54) is 0 Å². The van der Waals surface area contributed by atoms with E-state index in [0.717, 1.165) is 10.5 Å². The summed E-state index contributed by atoms with van der Waals surface area (Å²) in [4.78, 5) is 35.3. The van der Waals surface area contributed by atoms with E-state index in [2.05, 4.69) is 0 Å². The van der Waals surface area contributed by atoms with Crippen molar-refractivity contribution in [2.75, 3.05) is 11.4 Å². The fourth-order valence-electron chi connectivity index (χ4n) is 2.19. The fourth-order valence-corrected chi connectivity index (χ4v) is 2.19. The Morgan fingerprint density at radius 3 is 2.68 bits per heavy atom. The number of aliphatic carboxylic acids is 1. The van der Waals surface area contributed by atoms with Gasteiger partial charge in [0.15, 0.2) is 0 Å². The molecule has 1 aromatic carbocycles. The van der Waals surface area contributed by atoms with E-state index in [0.29, 0.717) is 11.3 Å². The standard InChI is InChI=1S/C13H13NO5/c1-7-3-2-4-9-11(7)14(13(19)12(9)18)6-8(15)5-10(16)17/h2-4,8,15H,5-6H2,1H3,(H,16,17). The predicted molar refractivity (Wildman–Crippen MR) is 66.1 cm³/mol. The summed E-state index contributed by atoms with van der Waals surface area (Å²) in [6.45, 7) is 1.55. The van der Waals surface area contributed by atoms with Crippen molar-refractivity contribution >= 4 is 23.3 Å². The van der Waals surface area contributed by atoms with Gasteiger partial charge in [-0.15, -0.1) is 0 Å². The molecule has 1 unspecified atom stereocenters. The van der Waals surface area contributed by atoms with Crippen LogP contribution in [0.1, 0.15) is 22.3 Å². The Kier molecular flexibility index (Phi) is 3.35. The average Bonchev–Trinajstić information content (AvgIpc) is 2.55. The normalized spacial score (nSPS) is 15.6. The zero-order chi connectivity index (χ0) is 14.2. The number of nitrogens with zero attached hydrogens (tertiary/aromatic N) is 1. The number of carboxylic acid groups (broad SMARTS) is 1. The smallest absolute Gasteiger partial charge is 0.306 e. The molecule has 0 aromatic heterocycles. The van der Waals surface area contributed by atoms with Gasteiger partial charge in [0.2, 0.25) is 0 Å². The average molecular weight is 263 g/mol. The lowest BCUT2D eigenvalue weighted by Gasteiger charge is -2.20. The Morgan fingerprint density at radius 2 is 2.05 bits per heavy atom. The molecule has 0 spiro atoms. The van der Waals surface area contributed by atoms with E-state index in [1.54, 1.807) is 25.1 Å². The molecule has 6 heteroatoms. The molecule has 2 N–H and O–H groups in total. The lowest BCUT2D eigenvalue weighted by molar-refractivity contribution is -0.139. The zero-order valence-electron chi connectivity index (χ0n) is 10.3. The first-order chi connectivity index (χ1) is 8.91. The highest BCUT2D eigenvalue weighted by atomic mass is 16.4. The van der Waals surface area contributed by atoms with Crippen LogP contribution < -0.4 is 4.90 Å². The maximum atomic E-state index is 11.9. The number of aliphatic hydroxyl groups excluding tert-OH is 1. The molecule has 0 bridgehead atoms. The molecule has 0 saturated heterocycles. The van der Waals surface area contributed by atoms with Gasteiger partial charge in [0, 0.05) is 0 Å². The van der Waals surface area contributed by atoms with Crippen LogP contribution in [0.3, 0.4) is 0 Å². The van der Waals surface area contributed by atoms with Gasteiger partial charge >= 0.3 is 5.97 Å². The Morgan fingerprint density at radius 1 is 1.37 bits per heavy atom. The quantitative estimate of drug-likeness (QED) is 0.765. The number of carbonyl (C=O) groups excluding carboxylic acids is 2. The van der Waals surface area contributed by atoms with Crippen LogP contribution in [-0.2, 0) is 9.59 Å². The van der Waals surface area contributed by atoms with Crippen LogP contribution in [0.4, 0.5) is 5.69 Å². The minimum absolute atomic E-state index is 0.200. The molecule has 2 rings (SSSR count). The minimum atomic E-state index is -1.21. The first kappa shape index (κ1) is 13.2. The lowest BCUT2D eigenvalue weighted by Crippen LogP contribution is -2.37. The lowest BCUT2D eigenvalue weighted by atomic mass is 10.1. The third kappa shape index (κ3) is 2.34. The summed E-state index contributed by atoms with van der Waals surface area (Å²) in [6.07, 6.45) is -1.68. The molecule has 1 atom stereocenters. The van der Waals surface area contributed by atoms with Crippen molar-refractivity contribution in [2.24, 2.45) is 0 Å². The first-order valence-electron chi connectivity index (χ1n) is 5.77. The highest BCUT2D eigenvalue weighted by Gasteiger charge is 2.37. The van der Waals surface area contributed by atoms with Crippen LogP contribution in [0.5, 0.6) is 0 Å². The van der Waals surface area contributed by atoms with E-state index in [-0.39, 0.29) is 6.54 Å². The first-order valence-corrected chi connectivity index (χ1v) is 5.77. The SMILES string of the molecule is Cc1cccc2c1N(CC(O)CC(=O)O)C(=O)C2=O. The Hall–Kier alpha value is -2.21. The van der Waals surface area contributed by atoms with Crippen LogP contribution >= 0.6 is 0 Å². The molecule has 0 radical (unpaired) electrons. The fraction of sp³-hybridized carbons (Fsp3) is 0.308. The van der Waals surface area contributed by atoms with Crippen molar-refractivity contribution < 1.29 is 24.6 Å². The van der Waals surface area contributed by atoms with Gasteiger partial charge in [0.1, 0.15) is 0 Å². The van der Waals surface area contributed by atoms with Gasteiger partial charge < -0.3 is 15.1 Å². The van der Waals surface area contributed by atoms with Crippen molar-refractivity contribution in [3.63, 3.8) is 0 Å². The van der Waals surface area contributed by atoms with Crippen molar-refractivity contribution in [2.45, 2.75) is 19.4 Å². The number of benzene rings is 1. The maximum Gasteiger partial charge on any atom is 0.306 e.